The van der Waals surface area contributed by atoms with Gasteiger partial charge in [0, 0.05) is 11.6 Å². The van der Waals surface area contributed by atoms with Crippen molar-refractivity contribution in [2.45, 2.75) is 18.3 Å². The molecule has 0 saturated heterocycles. The molecule has 0 bridgehead atoms. The standard InChI is InChI=1S/C19H13ClF3N5OS/c1-10-6-15-26-27-18(28(15)14-5-3-2-4-12(10)14)30-9-16(29)25-17-13(20)7-11(8-24-17)19(21,22)23/h2-8H,9H2,1H3,(H,24,25,29). The molecule has 0 aliphatic rings. The third-order valence-corrected chi connectivity index (χ3v) is 5.55. The first-order chi connectivity index (χ1) is 14.2. The summed E-state index contributed by atoms with van der Waals surface area (Å²) in [6, 6.07) is 10.4. The molecule has 6 nitrogen and oxygen atoms in total. The lowest BCUT2D eigenvalue weighted by Crippen LogP contribution is -2.16. The molecule has 1 N–H and O–H groups in total. The molecule has 1 amide bonds. The average Bonchev–Trinajstić information content (AvgIpc) is 3.10. The quantitative estimate of drug-likeness (QED) is 0.443. The van der Waals surface area contributed by atoms with Crippen LogP contribution in [0.15, 0.2) is 47.8 Å². The zero-order valence-corrected chi connectivity index (χ0v) is 16.9. The van der Waals surface area contributed by atoms with Crippen molar-refractivity contribution in [2.75, 3.05) is 11.1 Å². The number of aromatic nitrogens is 4. The van der Waals surface area contributed by atoms with Crippen LogP contribution >= 0.6 is 23.4 Å². The second kappa shape index (κ2) is 7.77. The Bertz CT molecular complexity index is 1270. The Morgan fingerprint density at radius 1 is 1.23 bits per heavy atom. The van der Waals surface area contributed by atoms with E-state index < -0.39 is 17.6 Å². The first-order valence-electron chi connectivity index (χ1n) is 8.63. The number of thioether (sulfide) groups is 1. The van der Waals surface area contributed by atoms with Gasteiger partial charge >= 0.3 is 6.18 Å². The summed E-state index contributed by atoms with van der Waals surface area (Å²) in [7, 11) is 0. The van der Waals surface area contributed by atoms with E-state index in [0.29, 0.717) is 17.0 Å². The lowest BCUT2D eigenvalue weighted by atomic mass is 10.1. The lowest BCUT2D eigenvalue weighted by molar-refractivity contribution is -0.137. The number of para-hydroxylation sites is 1. The van der Waals surface area contributed by atoms with Crippen LogP contribution in [-0.2, 0) is 11.0 Å². The van der Waals surface area contributed by atoms with Gasteiger partial charge in [0.1, 0.15) is 0 Å². The van der Waals surface area contributed by atoms with Crippen molar-refractivity contribution in [1.29, 1.82) is 0 Å². The molecule has 0 spiro atoms. The van der Waals surface area contributed by atoms with E-state index >= 15 is 0 Å². The number of amides is 1. The van der Waals surface area contributed by atoms with Gasteiger partial charge < -0.3 is 5.32 Å². The van der Waals surface area contributed by atoms with E-state index in [1.807, 2.05) is 41.7 Å². The van der Waals surface area contributed by atoms with Gasteiger partial charge in [0.2, 0.25) is 5.91 Å². The van der Waals surface area contributed by atoms with Crippen molar-refractivity contribution in [3.05, 3.63) is 58.7 Å². The second-order valence-corrected chi connectivity index (χ2v) is 7.76. The van der Waals surface area contributed by atoms with Gasteiger partial charge in [-0.05, 0) is 30.7 Å². The third kappa shape index (κ3) is 3.92. The number of hydrogen-bond donors (Lipinski definition) is 1. The van der Waals surface area contributed by atoms with Gasteiger partial charge in [0.05, 0.1) is 21.9 Å². The summed E-state index contributed by atoms with van der Waals surface area (Å²) in [5.74, 6) is -0.674. The summed E-state index contributed by atoms with van der Waals surface area (Å²) in [6.07, 6.45) is -3.94. The number of aryl methyl sites for hydroxylation is 1. The number of fused-ring (bicyclic) bond motifs is 3. The minimum absolute atomic E-state index is 0.0535. The lowest BCUT2D eigenvalue weighted by Gasteiger charge is -2.10. The predicted molar refractivity (Wildman–Crippen MR) is 109 cm³/mol. The Labute approximate surface area is 177 Å². The Kier molecular flexibility index (Phi) is 5.29. The summed E-state index contributed by atoms with van der Waals surface area (Å²) in [6.45, 7) is 1.98. The molecule has 154 valence electrons. The van der Waals surface area contributed by atoms with E-state index in [1.54, 1.807) is 0 Å². The number of pyridine rings is 2. The Hall–Kier alpha value is -2.85. The van der Waals surface area contributed by atoms with Crippen LogP contribution < -0.4 is 5.32 Å². The minimum Gasteiger partial charge on any atom is -0.309 e. The normalized spacial score (nSPS) is 11.9. The molecule has 4 rings (SSSR count). The van der Waals surface area contributed by atoms with Gasteiger partial charge in [-0.1, -0.05) is 41.6 Å². The van der Waals surface area contributed by atoms with Gasteiger partial charge in [0.15, 0.2) is 16.6 Å². The van der Waals surface area contributed by atoms with Crippen LogP contribution in [-0.4, -0.2) is 31.2 Å². The molecule has 0 unspecified atom stereocenters. The summed E-state index contributed by atoms with van der Waals surface area (Å²) in [4.78, 5) is 15.9. The molecule has 4 aromatic rings. The topological polar surface area (TPSA) is 72.2 Å². The van der Waals surface area contributed by atoms with Crippen LogP contribution in [0.1, 0.15) is 11.1 Å². The number of nitrogens with one attached hydrogen (secondary N) is 1. The Balaban J connectivity index is 1.52. The van der Waals surface area contributed by atoms with E-state index in [1.165, 1.54) is 0 Å². The second-order valence-electron chi connectivity index (χ2n) is 6.41. The van der Waals surface area contributed by atoms with Crippen LogP contribution in [0.2, 0.25) is 5.02 Å². The zero-order valence-electron chi connectivity index (χ0n) is 15.4. The summed E-state index contributed by atoms with van der Waals surface area (Å²) in [5.41, 5.74) is 1.63. The first kappa shape index (κ1) is 20.4. The van der Waals surface area contributed by atoms with Crippen molar-refractivity contribution < 1.29 is 18.0 Å². The molecule has 0 aliphatic carbocycles. The molecule has 1 aromatic carbocycles. The highest BCUT2D eigenvalue weighted by Crippen LogP contribution is 2.32. The predicted octanol–water partition coefficient (Wildman–Crippen LogP) is 4.99. The number of nitrogens with zero attached hydrogens (tertiary/aromatic N) is 4. The van der Waals surface area contributed by atoms with Gasteiger partial charge in [-0.25, -0.2) is 4.98 Å². The minimum atomic E-state index is -4.56. The van der Waals surface area contributed by atoms with E-state index in [9.17, 15) is 18.0 Å². The highest BCUT2D eigenvalue weighted by molar-refractivity contribution is 7.99. The van der Waals surface area contributed by atoms with Crippen LogP contribution in [0, 0.1) is 6.92 Å². The number of hydrogen-bond acceptors (Lipinski definition) is 5. The number of halogens is 4. The number of anilines is 1. The fourth-order valence-corrected chi connectivity index (χ4v) is 3.92. The monoisotopic (exact) mass is 451 g/mol. The smallest absolute Gasteiger partial charge is 0.309 e. The average molecular weight is 452 g/mol. The van der Waals surface area contributed by atoms with Crippen LogP contribution in [0.4, 0.5) is 19.0 Å². The number of carbonyl (C=O) groups excluding carboxylic acids is 1. The summed E-state index contributed by atoms with van der Waals surface area (Å²) < 4.78 is 39.9. The number of benzene rings is 1. The molecular formula is C19H13ClF3N5OS. The van der Waals surface area contributed by atoms with E-state index in [2.05, 4.69) is 20.5 Å². The van der Waals surface area contributed by atoms with Crippen LogP contribution in [0.25, 0.3) is 16.6 Å². The highest BCUT2D eigenvalue weighted by Gasteiger charge is 2.31. The summed E-state index contributed by atoms with van der Waals surface area (Å²) >= 11 is 6.97. The fourth-order valence-electron chi connectivity index (χ4n) is 2.95. The molecule has 0 atom stereocenters. The maximum Gasteiger partial charge on any atom is 0.417 e. The van der Waals surface area contributed by atoms with E-state index in [-0.39, 0.29) is 16.6 Å². The van der Waals surface area contributed by atoms with Crippen molar-refractivity contribution in [2.24, 2.45) is 0 Å². The third-order valence-electron chi connectivity index (χ3n) is 4.33. The highest BCUT2D eigenvalue weighted by atomic mass is 35.5. The van der Waals surface area contributed by atoms with Gasteiger partial charge in [0.25, 0.3) is 0 Å². The van der Waals surface area contributed by atoms with Gasteiger partial charge in [-0.3, -0.25) is 9.20 Å². The fraction of sp³-hybridized carbons (Fsp3) is 0.158. The number of alkyl halides is 3. The molecule has 0 fully saturated rings. The van der Waals surface area contributed by atoms with Crippen molar-refractivity contribution in [1.82, 2.24) is 19.6 Å². The zero-order chi connectivity index (χ0) is 21.5. The first-order valence-corrected chi connectivity index (χ1v) is 9.99. The maximum atomic E-state index is 12.7. The summed E-state index contributed by atoms with van der Waals surface area (Å²) in [5, 5.41) is 12.0. The molecule has 0 aliphatic heterocycles. The van der Waals surface area contributed by atoms with Gasteiger partial charge in [-0.2, -0.15) is 13.2 Å². The number of carbonyl (C=O) groups is 1. The molecule has 0 saturated carbocycles. The van der Waals surface area contributed by atoms with Crippen LogP contribution in [0.3, 0.4) is 0 Å². The Morgan fingerprint density at radius 2 is 2.00 bits per heavy atom. The van der Waals surface area contributed by atoms with E-state index in [0.717, 1.165) is 34.3 Å². The largest absolute Gasteiger partial charge is 0.417 e. The molecule has 3 heterocycles. The molecule has 30 heavy (non-hydrogen) atoms. The molecular weight excluding hydrogens is 439 g/mol. The Morgan fingerprint density at radius 3 is 2.73 bits per heavy atom. The van der Waals surface area contributed by atoms with E-state index in [4.69, 9.17) is 11.6 Å². The van der Waals surface area contributed by atoms with Crippen molar-refractivity contribution in [3.63, 3.8) is 0 Å². The van der Waals surface area contributed by atoms with Crippen molar-refractivity contribution in [3.8, 4) is 0 Å². The molecule has 0 radical (unpaired) electrons. The maximum absolute atomic E-state index is 12.7. The van der Waals surface area contributed by atoms with Crippen LogP contribution in [0.5, 0.6) is 0 Å². The van der Waals surface area contributed by atoms with Crippen molar-refractivity contribution >= 4 is 51.6 Å². The number of rotatable bonds is 4. The molecule has 11 heteroatoms. The SMILES string of the molecule is Cc1cc2nnc(SCC(=O)Nc3ncc(C(F)(F)F)cc3Cl)n2c2ccccc12. The van der Waals surface area contributed by atoms with Gasteiger partial charge in [-0.15, -0.1) is 10.2 Å². The molecule has 3 aromatic heterocycles.